The van der Waals surface area contributed by atoms with Gasteiger partial charge in [-0.3, -0.25) is 0 Å². The predicted molar refractivity (Wildman–Crippen MR) is 58.1 cm³/mol. The van der Waals surface area contributed by atoms with Crippen LogP contribution in [0.15, 0.2) is 11.6 Å². The normalized spacial score (nSPS) is 41.4. The summed E-state index contributed by atoms with van der Waals surface area (Å²) in [7, 11) is 0. The molecule has 1 heterocycles. The number of hydrogen-bond acceptors (Lipinski definition) is 2. The summed E-state index contributed by atoms with van der Waals surface area (Å²) in [6.45, 7) is 8.69. The van der Waals surface area contributed by atoms with Gasteiger partial charge in [-0.25, -0.2) is 0 Å². The predicted octanol–water partition coefficient (Wildman–Crippen LogP) is 1.70. The lowest BCUT2D eigenvalue weighted by atomic mass is 9.58. The van der Waals surface area contributed by atoms with Gasteiger partial charge in [0, 0.05) is 23.9 Å². The van der Waals surface area contributed by atoms with Crippen molar-refractivity contribution >= 4 is 0 Å². The fourth-order valence-corrected chi connectivity index (χ4v) is 3.12. The summed E-state index contributed by atoms with van der Waals surface area (Å²) in [5, 5.41) is 13.4. The highest BCUT2D eigenvalue weighted by Crippen LogP contribution is 2.51. The molecule has 2 heteroatoms. The Morgan fingerprint density at radius 1 is 1.43 bits per heavy atom. The van der Waals surface area contributed by atoms with Crippen LogP contribution >= 0.6 is 0 Å². The first-order valence-corrected chi connectivity index (χ1v) is 5.57. The molecule has 0 radical (unpaired) electrons. The fourth-order valence-electron chi connectivity index (χ4n) is 3.12. The highest BCUT2D eigenvalue weighted by Gasteiger charge is 2.46. The molecule has 0 aromatic heterocycles. The lowest BCUT2D eigenvalue weighted by Crippen LogP contribution is -2.50. The van der Waals surface area contributed by atoms with E-state index in [1.165, 1.54) is 5.57 Å². The monoisotopic (exact) mass is 195 g/mol. The molecule has 1 fully saturated rings. The van der Waals surface area contributed by atoms with E-state index in [4.69, 9.17) is 0 Å². The third-order valence-corrected chi connectivity index (χ3v) is 4.11. The van der Waals surface area contributed by atoms with Gasteiger partial charge in [0.05, 0.1) is 6.10 Å². The zero-order valence-electron chi connectivity index (χ0n) is 9.43. The van der Waals surface area contributed by atoms with Crippen molar-refractivity contribution in [3.8, 4) is 0 Å². The topological polar surface area (TPSA) is 32.3 Å². The number of aliphatic hydroxyl groups excluding tert-OH is 1. The second kappa shape index (κ2) is 3.07. The molecule has 14 heavy (non-hydrogen) atoms. The molecule has 2 nitrogen and oxygen atoms in total. The minimum absolute atomic E-state index is 0.0326. The van der Waals surface area contributed by atoms with E-state index in [1.807, 2.05) is 0 Å². The highest BCUT2D eigenvalue weighted by molar-refractivity contribution is 5.28. The van der Waals surface area contributed by atoms with Crippen molar-refractivity contribution in [2.24, 2.45) is 10.8 Å². The minimum atomic E-state index is -0.167. The van der Waals surface area contributed by atoms with Gasteiger partial charge in [-0.15, -0.1) is 0 Å². The first-order chi connectivity index (χ1) is 6.47. The Labute approximate surface area is 86.4 Å². The molecule has 1 aliphatic heterocycles. The molecule has 0 spiro atoms. The molecule has 0 bridgehead atoms. The van der Waals surface area contributed by atoms with Crippen molar-refractivity contribution < 1.29 is 5.11 Å². The maximum atomic E-state index is 10.0. The van der Waals surface area contributed by atoms with Crippen LogP contribution in [0.5, 0.6) is 0 Å². The van der Waals surface area contributed by atoms with E-state index in [0.29, 0.717) is 0 Å². The second-order valence-corrected chi connectivity index (χ2v) is 5.59. The van der Waals surface area contributed by atoms with Crippen LogP contribution in [0.1, 0.15) is 33.6 Å². The SMILES string of the molecule is CC1(C)C2=CCNC[C@@]2(C)CC[C@@H]1O. The van der Waals surface area contributed by atoms with E-state index in [0.717, 1.165) is 25.9 Å². The Hall–Kier alpha value is -0.340. The average molecular weight is 195 g/mol. The lowest BCUT2D eigenvalue weighted by molar-refractivity contribution is 0.0114. The van der Waals surface area contributed by atoms with E-state index in [2.05, 4.69) is 32.2 Å². The zero-order valence-corrected chi connectivity index (χ0v) is 9.43. The molecule has 1 saturated carbocycles. The summed E-state index contributed by atoms with van der Waals surface area (Å²) in [5.74, 6) is 0. The van der Waals surface area contributed by atoms with Gasteiger partial charge in [0.2, 0.25) is 0 Å². The van der Waals surface area contributed by atoms with Gasteiger partial charge >= 0.3 is 0 Å². The van der Waals surface area contributed by atoms with Crippen LogP contribution in [0.2, 0.25) is 0 Å². The van der Waals surface area contributed by atoms with Gasteiger partial charge in [0.25, 0.3) is 0 Å². The van der Waals surface area contributed by atoms with Crippen molar-refractivity contribution in [2.75, 3.05) is 13.1 Å². The molecule has 0 saturated heterocycles. The molecular weight excluding hydrogens is 174 g/mol. The smallest absolute Gasteiger partial charge is 0.0628 e. The quantitative estimate of drug-likeness (QED) is 0.577. The zero-order chi connectivity index (χ0) is 10.4. The highest BCUT2D eigenvalue weighted by atomic mass is 16.3. The Balaban J connectivity index is 2.39. The first kappa shape index (κ1) is 10.2. The van der Waals surface area contributed by atoms with Gasteiger partial charge < -0.3 is 10.4 Å². The molecule has 2 N–H and O–H groups in total. The third kappa shape index (κ3) is 1.32. The summed E-state index contributed by atoms with van der Waals surface area (Å²) < 4.78 is 0. The Kier molecular flexibility index (Phi) is 2.24. The summed E-state index contributed by atoms with van der Waals surface area (Å²) in [6, 6.07) is 0. The van der Waals surface area contributed by atoms with Crippen molar-refractivity contribution in [1.82, 2.24) is 5.32 Å². The molecule has 0 aromatic rings. The van der Waals surface area contributed by atoms with Crippen molar-refractivity contribution in [1.29, 1.82) is 0 Å². The van der Waals surface area contributed by atoms with E-state index in [-0.39, 0.29) is 16.9 Å². The third-order valence-electron chi connectivity index (χ3n) is 4.11. The van der Waals surface area contributed by atoms with Crippen LogP contribution in [0, 0.1) is 10.8 Å². The number of aliphatic hydroxyl groups is 1. The number of fused-ring (bicyclic) bond motifs is 1. The maximum Gasteiger partial charge on any atom is 0.0628 e. The van der Waals surface area contributed by atoms with Gasteiger partial charge in [0.15, 0.2) is 0 Å². The van der Waals surface area contributed by atoms with E-state index < -0.39 is 0 Å². The standard InChI is InChI=1S/C12H21NO/c1-11(2)9-5-7-13-8-12(9,3)6-4-10(11)14/h5,10,13-14H,4,6-8H2,1-3H3/t10-,12+/m0/s1. The summed E-state index contributed by atoms with van der Waals surface area (Å²) in [5.41, 5.74) is 1.71. The first-order valence-electron chi connectivity index (χ1n) is 5.57. The van der Waals surface area contributed by atoms with E-state index >= 15 is 0 Å². The van der Waals surface area contributed by atoms with E-state index in [1.54, 1.807) is 0 Å². The van der Waals surface area contributed by atoms with Crippen molar-refractivity contribution in [3.05, 3.63) is 11.6 Å². The molecule has 0 amide bonds. The van der Waals surface area contributed by atoms with Crippen LogP contribution in [0.4, 0.5) is 0 Å². The second-order valence-electron chi connectivity index (χ2n) is 5.59. The van der Waals surface area contributed by atoms with Crippen molar-refractivity contribution in [2.45, 2.75) is 39.7 Å². The van der Waals surface area contributed by atoms with E-state index in [9.17, 15) is 5.11 Å². The number of nitrogens with one attached hydrogen (secondary N) is 1. The summed E-state index contributed by atoms with van der Waals surface area (Å²) >= 11 is 0. The van der Waals surface area contributed by atoms with Gasteiger partial charge in [-0.1, -0.05) is 32.4 Å². The lowest BCUT2D eigenvalue weighted by Gasteiger charge is -2.50. The molecule has 0 unspecified atom stereocenters. The van der Waals surface area contributed by atoms with Crippen LogP contribution in [0.25, 0.3) is 0 Å². The Morgan fingerprint density at radius 2 is 2.14 bits per heavy atom. The maximum absolute atomic E-state index is 10.0. The van der Waals surface area contributed by atoms with Gasteiger partial charge in [-0.05, 0) is 12.8 Å². The fraction of sp³-hybridized carbons (Fsp3) is 0.833. The van der Waals surface area contributed by atoms with Gasteiger partial charge in [-0.2, -0.15) is 0 Å². The average Bonchev–Trinajstić information content (AvgIpc) is 2.13. The molecule has 2 aliphatic rings. The Bertz CT molecular complexity index is 269. The molecule has 2 rings (SSSR count). The molecule has 1 aliphatic carbocycles. The largest absolute Gasteiger partial charge is 0.392 e. The van der Waals surface area contributed by atoms with Crippen LogP contribution < -0.4 is 5.32 Å². The molecule has 0 aromatic carbocycles. The Morgan fingerprint density at radius 3 is 2.86 bits per heavy atom. The molecule has 2 atom stereocenters. The number of rotatable bonds is 0. The summed E-state index contributed by atoms with van der Waals surface area (Å²) in [6.07, 6.45) is 4.16. The van der Waals surface area contributed by atoms with Crippen LogP contribution in [0.3, 0.4) is 0 Å². The molecule has 80 valence electrons. The molecular formula is C12H21NO. The van der Waals surface area contributed by atoms with Crippen molar-refractivity contribution in [3.63, 3.8) is 0 Å². The minimum Gasteiger partial charge on any atom is -0.392 e. The van der Waals surface area contributed by atoms with Crippen LogP contribution in [-0.4, -0.2) is 24.3 Å². The van der Waals surface area contributed by atoms with Crippen LogP contribution in [-0.2, 0) is 0 Å². The number of hydrogen-bond donors (Lipinski definition) is 2. The van der Waals surface area contributed by atoms with Gasteiger partial charge in [0.1, 0.15) is 0 Å². The summed E-state index contributed by atoms with van der Waals surface area (Å²) in [4.78, 5) is 0.